The van der Waals surface area contributed by atoms with Crippen LogP contribution in [0.5, 0.6) is 11.5 Å². The molecule has 1 N–H and O–H groups in total. The van der Waals surface area contributed by atoms with Crippen LogP contribution in [0.15, 0.2) is 42.5 Å². The first-order valence-electron chi connectivity index (χ1n) is 8.21. The number of amides is 1. The van der Waals surface area contributed by atoms with Crippen molar-refractivity contribution in [2.45, 2.75) is 6.18 Å². The van der Waals surface area contributed by atoms with Gasteiger partial charge in [0.25, 0.3) is 11.6 Å². The normalized spacial score (nSPS) is 11.0. The van der Waals surface area contributed by atoms with Gasteiger partial charge in [0.15, 0.2) is 6.61 Å². The summed E-state index contributed by atoms with van der Waals surface area (Å²) in [6, 6.07) is 7.82. The van der Waals surface area contributed by atoms with E-state index >= 15 is 0 Å². The molecule has 0 heterocycles. The topological polar surface area (TPSA) is 99.9 Å². The lowest BCUT2D eigenvalue weighted by molar-refractivity contribution is -0.384. The zero-order chi connectivity index (χ0) is 21.4. The summed E-state index contributed by atoms with van der Waals surface area (Å²) in [4.78, 5) is 22.2. The summed E-state index contributed by atoms with van der Waals surface area (Å²) in [7, 11) is 1.43. The number of hydrogen-bond donors (Lipinski definition) is 1. The minimum atomic E-state index is -4.61. The van der Waals surface area contributed by atoms with E-state index in [1.54, 1.807) is 0 Å². The molecule has 2 aromatic carbocycles. The molecule has 11 heteroatoms. The molecule has 0 aliphatic heterocycles. The molecule has 0 aliphatic rings. The van der Waals surface area contributed by atoms with Crippen LogP contribution in [0.4, 0.5) is 24.5 Å². The molecule has 2 aromatic rings. The number of anilines is 1. The number of methoxy groups -OCH3 is 1. The largest absolute Gasteiger partial charge is 0.489 e. The molecule has 0 atom stereocenters. The number of halogens is 3. The number of nitrogens with zero attached hydrogens (tertiary/aromatic N) is 1. The van der Waals surface area contributed by atoms with Gasteiger partial charge in [0.1, 0.15) is 18.1 Å². The van der Waals surface area contributed by atoms with Crippen molar-refractivity contribution in [3.8, 4) is 11.5 Å². The predicted octanol–water partition coefficient (Wildman–Crippen LogP) is 3.66. The van der Waals surface area contributed by atoms with Crippen molar-refractivity contribution < 1.29 is 37.1 Å². The predicted molar refractivity (Wildman–Crippen MR) is 96.0 cm³/mol. The van der Waals surface area contributed by atoms with E-state index in [2.05, 4.69) is 5.32 Å². The van der Waals surface area contributed by atoms with Crippen molar-refractivity contribution in [2.24, 2.45) is 0 Å². The number of alkyl halides is 3. The summed E-state index contributed by atoms with van der Waals surface area (Å²) >= 11 is 0. The fourth-order valence-electron chi connectivity index (χ4n) is 2.19. The van der Waals surface area contributed by atoms with E-state index in [9.17, 15) is 28.1 Å². The Kier molecular flexibility index (Phi) is 7.37. The SMILES string of the molecule is COCCOc1ccc(C(F)(F)F)cc1NC(=O)COc1cccc([N+](=O)[O-])c1. The first-order chi connectivity index (χ1) is 13.7. The molecule has 8 nitrogen and oxygen atoms in total. The van der Waals surface area contributed by atoms with Gasteiger partial charge in [0, 0.05) is 13.2 Å². The first-order valence-corrected chi connectivity index (χ1v) is 8.21. The maximum absolute atomic E-state index is 13.0. The average Bonchev–Trinajstić information content (AvgIpc) is 2.67. The maximum atomic E-state index is 13.0. The number of carbonyl (C=O) groups is 1. The summed E-state index contributed by atoms with van der Waals surface area (Å²) < 4.78 is 54.2. The van der Waals surface area contributed by atoms with Gasteiger partial charge in [0.05, 0.1) is 28.8 Å². The van der Waals surface area contributed by atoms with Gasteiger partial charge >= 0.3 is 6.18 Å². The monoisotopic (exact) mass is 414 g/mol. The van der Waals surface area contributed by atoms with Gasteiger partial charge in [-0.25, -0.2) is 0 Å². The summed E-state index contributed by atoms with van der Waals surface area (Å²) in [5.74, 6) is -0.680. The van der Waals surface area contributed by atoms with Gasteiger partial charge in [-0.3, -0.25) is 14.9 Å². The number of nitrogens with one attached hydrogen (secondary N) is 1. The van der Waals surface area contributed by atoms with Gasteiger partial charge in [-0.2, -0.15) is 13.2 Å². The van der Waals surface area contributed by atoms with Gasteiger partial charge < -0.3 is 19.5 Å². The Labute approximate surface area is 163 Å². The van der Waals surface area contributed by atoms with Crippen molar-refractivity contribution in [3.05, 3.63) is 58.1 Å². The zero-order valence-electron chi connectivity index (χ0n) is 15.2. The molecule has 0 spiro atoms. The van der Waals surface area contributed by atoms with E-state index in [0.717, 1.165) is 24.3 Å². The molecule has 156 valence electrons. The lowest BCUT2D eigenvalue weighted by Gasteiger charge is -2.15. The van der Waals surface area contributed by atoms with Crippen LogP contribution < -0.4 is 14.8 Å². The molecule has 2 rings (SSSR count). The standard InChI is InChI=1S/C18H17F3N2O6/c1-27-7-8-28-16-6-5-12(18(19,20)21)9-15(16)22-17(24)11-29-14-4-2-3-13(10-14)23(25)26/h2-6,9-10H,7-8,11H2,1H3,(H,22,24). The lowest BCUT2D eigenvalue weighted by Crippen LogP contribution is -2.21. The molecule has 0 radical (unpaired) electrons. The van der Waals surface area contributed by atoms with Gasteiger partial charge in [-0.1, -0.05) is 6.07 Å². The van der Waals surface area contributed by atoms with Crippen molar-refractivity contribution >= 4 is 17.3 Å². The van der Waals surface area contributed by atoms with Crippen LogP contribution >= 0.6 is 0 Å². The number of ether oxygens (including phenoxy) is 3. The number of nitro benzene ring substituents is 1. The van der Waals surface area contributed by atoms with Crippen molar-refractivity contribution in [1.29, 1.82) is 0 Å². The smallest absolute Gasteiger partial charge is 0.416 e. The zero-order valence-corrected chi connectivity index (χ0v) is 15.2. The second kappa shape index (κ2) is 9.73. The van der Waals surface area contributed by atoms with Crippen LogP contribution in [0.25, 0.3) is 0 Å². The Morgan fingerprint density at radius 1 is 1.14 bits per heavy atom. The quantitative estimate of drug-likeness (QED) is 0.382. The lowest BCUT2D eigenvalue weighted by atomic mass is 10.1. The minimum absolute atomic E-state index is 0.0266. The molecular weight excluding hydrogens is 397 g/mol. The van der Waals surface area contributed by atoms with Crippen molar-refractivity contribution in [3.63, 3.8) is 0 Å². The van der Waals surface area contributed by atoms with E-state index in [1.807, 2.05) is 0 Å². The molecule has 1 amide bonds. The van der Waals surface area contributed by atoms with Crippen LogP contribution in [-0.4, -0.2) is 37.8 Å². The van der Waals surface area contributed by atoms with Crippen LogP contribution in [0, 0.1) is 10.1 Å². The average molecular weight is 414 g/mol. The summed E-state index contributed by atoms with van der Waals surface area (Å²) in [5, 5.41) is 13.0. The highest BCUT2D eigenvalue weighted by Crippen LogP contribution is 2.35. The molecular formula is C18H17F3N2O6. The Morgan fingerprint density at radius 2 is 1.90 bits per heavy atom. The van der Waals surface area contributed by atoms with E-state index in [4.69, 9.17) is 14.2 Å². The number of nitro groups is 1. The Balaban J connectivity index is 2.10. The summed E-state index contributed by atoms with van der Waals surface area (Å²) in [6.45, 7) is -0.311. The van der Waals surface area contributed by atoms with E-state index in [1.165, 1.54) is 25.3 Å². The highest BCUT2D eigenvalue weighted by Gasteiger charge is 2.31. The first kappa shape index (κ1) is 22.0. The number of hydrogen-bond acceptors (Lipinski definition) is 6. The van der Waals surface area contributed by atoms with Crippen LogP contribution in [0.1, 0.15) is 5.56 Å². The number of non-ortho nitro benzene ring substituents is 1. The third kappa shape index (κ3) is 6.64. The Morgan fingerprint density at radius 3 is 2.55 bits per heavy atom. The van der Waals surface area contributed by atoms with Crippen LogP contribution in [0.2, 0.25) is 0 Å². The number of carbonyl (C=O) groups excluding carboxylic acids is 1. The molecule has 0 saturated carbocycles. The second-order valence-corrected chi connectivity index (χ2v) is 5.64. The summed E-state index contributed by atoms with van der Waals surface area (Å²) in [5.41, 5.74) is -1.38. The molecule has 0 aromatic heterocycles. The van der Waals surface area contributed by atoms with E-state index < -0.39 is 29.2 Å². The van der Waals surface area contributed by atoms with Crippen molar-refractivity contribution in [2.75, 3.05) is 32.2 Å². The molecule has 29 heavy (non-hydrogen) atoms. The molecule has 0 saturated heterocycles. The van der Waals surface area contributed by atoms with Crippen LogP contribution in [-0.2, 0) is 15.7 Å². The third-order valence-corrected chi connectivity index (χ3v) is 3.52. The molecule has 0 bridgehead atoms. The van der Waals surface area contributed by atoms with E-state index in [-0.39, 0.29) is 36.1 Å². The molecule has 0 fully saturated rings. The fraction of sp³-hybridized carbons (Fsp3) is 0.278. The maximum Gasteiger partial charge on any atom is 0.416 e. The second-order valence-electron chi connectivity index (χ2n) is 5.64. The van der Waals surface area contributed by atoms with Gasteiger partial charge in [0.2, 0.25) is 0 Å². The van der Waals surface area contributed by atoms with Crippen LogP contribution in [0.3, 0.4) is 0 Å². The summed E-state index contributed by atoms with van der Waals surface area (Å²) in [6.07, 6.45) is -4.61. The molecule has 0 aliphatic carbocycles. The van der Waals surface area contributed by atoms with Crippen molar-refractivity contribution in [1.82, 2.24) is 0 Å². The van der Waals surface area contributed by atoms with E-state index in [0.29, 0.717) is 0 Å². The highest BCUT2D eigenvalue weighted by atomic mass is 19.4. The minimum Gasteiger partial charge on any atom is -0.489 e. The number of benzene rings is 2. The fourth-order valence-corrected chi connectivity index (χ4v) is 2.19. The third-order valence-electron chi connectivity index (χ3n) is 3.52. The Hall–Kier alpha value is -3.34. The van der Waals surface area contributed by atoms with Gasteiger partial charge in [-0.05, 0) is 24.3 Å². The number of rotatable bonds is 9. The Bertz CT molecular complexity index is 873. The van der Waals surface area contributed by atoms with Gasteiger partial charge in [-0.15, -0.1) is 0 Å². The molecule has 0 unspecified atom stereocenters. The highest BCUT2D eigenvalue weighted by molar-refractivity contribution is 5.93.